The van der Waals surface area contributed by atoms with Crippen molar-refractivity contribution in [3.8, 4) is 0 Å². The number of carbonyl (C=O) groups is 2. The number of Topliss-reactive ketones (excluding diaryl/α,β-unsaturated/α-hetero) is 1. The van der Waals surface area contributed by atoms with Crippen LogP contribution in [0, 0.1) is 12.8 Å². The van der Waals surface area contributed by atoms with Crippen molar-refractivity contribution in [2.24, 2.45) is 5.92 Å². The smallest absolute Gasteiger partial charge is 0.224 e. The maximum absolute atomic E-state index is 13.2. The van der Waals surface area contributed by atoms with E-state index in [-0.39, 0.29) is 34.9 Å². The molecule has 0 unspecified atom stereocenters. The van der Waals surface area contributed by atoms with E-state index in [4.69, 9.17) is 0 Å². The van der Waals surface area contributed by atoms with Gasteiger partial charge in [0.25, 0.3) is 0 Å². The molecule has 1 N–H and O–H groups in total. The van der Waals surface area contributed by atoms with Crippen LogP contribution in [0.5, 0.6) is 0 Å². The van der Waals surface area contributed by atoms with Gasteiger partial charge in [0.15, 0.2) is 0 Å². The van der Waals surface area contributed by atoms with E-state index in [0.29, 0.717) is 12.8 Å². The van der Waals surface area contributed by atoms with Gasteiger partial charge in [-0.15, -0.1) is 0 Å². The Morgan fingerprint density at radius 3 is 2.10 bits per heavy atom. The maximum Gasteiger partial charge on any atom is 0.224 e. The summed E-state index contributed by atoms with van der Waals surface area (Å²) in [6, 6.07) is 16.8. The number of nitrogens with one attached hydrogen (secondary N) is 1. The number of fused-ring (bicyclic) bond motifs is 1. The quantitative estimate of drug-likeness (QED) is 0.774. The molecule has 29 heavy (non-hydrogen) atoms. The lowest BCUT2D eigenvalue weighted by molar-refractivity contribution is -0.127. The number of hydrogen-bond acceptors (Lipinski definition) is 2. The number of amides is 1. The second-order valence-electron chi connectivity index (χ2n) is 9.52. The fourth-order valence-electron chi connectivity index (χ4n) is 4.55. The molecule has 1 aliphatic heterocycles. The Morgan fingerprint density at radius 1 is 0.862 bits per heavy atom. The van der Waals surface area contributed by atoms with Crippen molar-refractivity contribution < 1.29 is 9.59 Å². The van der Waals surface area contributed by atoms with Crippen LogP contribution < -0.4 is 5.32 Å². The molecule has 3 atom stereocenters. The molecule has 0 spiro atoms. The molecule has 2 aliphatic rings. The minimum absolute atomic E-state index is 0.00499. The average Bonchev–Trinajstić information content (AvgIpc) is 2.67. The summed E-state index contributed by atoms with van der Waals surface area (Å²) in [5.41, 5.74) is 5.54. The fourth-order valence-corrected chi connectivity index (χ4v) is 4.55. The highest BCUT2D eigenvalue weighted by molar-refractivity contribution is 5.92. The first-order chi connectivity index (χ1) is 13.7. The Hall–Kier alpha value is -2.68. The SMILES string of the molecule is Cc1ccc([C@@H]2CC(=O)NC3=C[C@@H](c4ccc(C(C)(C)C)cc4)CC(=O)[C@H]32)cc1. The third kappa shape index (κ3) is 3.91. The summed E-state index contributed by atoms with van der Waals surface area (Å²) in [5.74, 6) is -0.0970. The molecule has 4 rings (SSSR count). The zero-order chi connectivity index (χ0) is 20.8. The van der Waals surface area contributed by atoms with Crippen LogP contribution >= 0.6 is 0 Å². The van der Waals surface area contributed by atoms with Gasteiger partial charge in [0.05, 0.1) is 5.92 Å². The minimum atomic E-state index is -0.250. The zero-order valence-corrected chi connectivity index (χ0v) is 17.7. The third-order valence-corrected chi connectivity index (χ3v) is 6.29. The Labute approximate surface area is 173 Å². The molecule has 2 aromatic carbocycles. The molecule has 1 heterocycles. The monoisotopic (exact) mass is 387 g/mol. The van der Waals surface area contributed by atoms with Crippen LogP contribution in [0.25, 0.3) is 0 Å². The van der Waals surface area contributed by atoms with Crippen LogP contribution in [0.4, 0.5) is 0 Å². The van der Waals surface area contributed by atoms with E-state index in [1.54, 1.807) is 0 Å². The molecule has 0 saturated carbocycles. The van der Waals surface area contributed by atoms with Crippen LogP contribution in [-0.4, -0.2) is 11.7 Å². The summed E-state index contributed by atoms with van der Waals surface area (Å²) in [6.07, 6.45) is 2.96. The van der Waals surface area contributed by atoms with Crippen LogP contribution in [0.2, 0.25) is 0 Å². The third-order valence-electron chi connectivity index (χ3n) is 6.29. The number of aryl methyl sites for hydroxylation is 1. The van der Waals surface area contributed by atoms with Gasteiger partial charge in [-0.25, -0.2) is 0 Å². The molecule has 3 nitrogen and oxygen atoms in total. The molecule has 1 aliphatic carbocycles. The second kappa shape index (κ2) is 7.29. The maximum atomic E-state index is 13.2. The number of benzene rings is 2. The fraction of sp³-hybridized carbons (Fsp3) is 0.385. The van der Waals surface area contributed by atoms with Crippen molar-refractivity contribution in [1.82, 2.24) is 5.32 Å². The van der Waals surface area contributed by atoms with Crippen molar-refractivity contribution in [1.29, 1.82) is 0 Å². The van der Waals surface area contributed by atoms with Gasteiger partial charge < -0.3 is 5.32 Å². The van der Waals surface area contributed by atoms with Crippen LogP contribution in [0.15, 0.2) is 60.3 Å². The summed E-state index contributed by atoms with van der Waals surface area (Å²) in [4.78, 5) is 25.6. The predicted molar refractivity (Wildman–Crippen MR) is 116 cm³/mol. The highest BCUT2D eigenvalue weighted by atomic mass is 16.2. The number of carbonyl (C=O) groups excluding carboxylic acids is 2. The number of allylic oxidation sites excluding steroid dienone is 2. The molecular weight excluding hydrogens is 358 g/mol. The number of rotatable bonds is 2. The highest BCUT2D eigenvalue weighted by Gasteiger charge is 2.42. The average molecular weight is 388 g/mol. The predicted octanol–water partition coefficient (Wildman–Crippen LogP) is 5.15. The molecule has 0 radical (unpaired) electrons. The Bertz CT molecular complexity index is 961. The lowest BCUT2D eigenvalue weighted by atomic mass is 9.70. The van der Waals surface area contributed by atoms with E-state index in [9.17, 15) is 9.59 Å². The summed E-state index contributed by atoms with van der Waals surface area (Å²) in [7, 11) is 0. The van der Waals surface area contributed by atoms with Gasteiger partial charge in [-0.05, 0) is 29.0 Å². The van der Waals surface area contributed by atoms with Gasteiger partial charge in [-0.1, -0.05) is 80.9 Å². The Morgan fingerprint density at radius 2 is 1.48 bits per heavy atom. The van der Waals surface area contributed by atoms with E-state index in [2.05, 4.69) is 80.7 Å². The zero-order valence-electron chi connectivity index (χ0n) is 17.7. The number of hydrogen-bond donors (Lipinski definition) is 1. The van der Waals surface area contributed by atoms with Gasteiger partial charge >= 0.3 is 0 Å². The van der Waals surface area contributed by atoms with Crippen molar-refractivity contribution in [3.05, 3.63) is 82.6 Å². The summed E-state index contributed by atoms with van der Waals surface area (Å²) >= 11 is 0. The number of piperidine rings is 1. The van der Waals surface area contributed by atoms with Gasteiger partial charge in [0.2, 0.25) is 5.91 Å². The first kappa shape index (κ1) is 19.6. The van der Waals surface area contributed by atoms with Crippen molar-refractivity contribution in [3.63, 3.8) is 0 Å². The van der Waals surface area contributed by atoms with Crippen molar-refractivity contribution in [2.75, 3.05) is 0 Å². The van der Waals surface area contributed by atoms with E-state index >= 15 is 0 Å². The standard InChI is InChI=1S/C26H29NO2/c1-16-5-7-18(8-6-16)21-15-24(29)27-22-13-19(14-23(28)25(21)22)17-9-11-20(12-10-17)26(2,3)4/h5-13,19,21,25H,14-15H2,1-4H3,(H,27,29)/t19-,21+,25+/m1/s1. The number of ketones is 1. The van der Waals surface area contributed by atoms with Crippen LogP contribution in [0.1, 0.15) is 67.7 Å². The Kier molecular flexibility index (Phi) is 4.94. The second-order valence-corrected chi connectivity index (χ2v) is 9.52. The topological polar surface area (TPSA) is 46.2 Å². The molecule has 0 bridgehead atoms. The normalized spacial score (nSPS) is 24.6. The van der Waals surface area contributed by atoms with Crippen LogP contribution in [-0.2, 0) is 15.0 Å². The molecule has 3 heteroatoms. The molecule has 0 aromatic heterocycles. The molecule has 1 amide bonds. The van der Waals surface area contributed by atoms with Crippen molar-refractivity contribution in [2.45, 2.75) is 57.8 Å². The molecule has 1 saturated heterocycles. The first-order valence-electron chi connectivity index (χ1n) is 10.4. The Balaban J connectivity index is 1.65. The van der Waals surface area contributed by atoms with E-state index in [0.717, 1.165) is 16.8 Å². The lowest BCUT2D eigenvalue weighted by Crippen LogP contribution is -2.43. The largest absolute Gasteiger partial charge is 0.329 e. The minimum Gasteiger partial charge on any atom is -0.329 e. The molecule has 150 valence electrons. The molecule has 2 aromatic rings. The lowest BCUT2D eigenvalue weighted by Gasteiger charge is -2.37. The van der Waals surface area contributed by atoms with Gasteiger partial charge in [0, 0.05) is 30.4 Å². The van der Waals surface area contributed by atoms with E-state index < -0.39 is 0 Å². The van der Waals surface area contributed by atoms with Crippen LogP contribution in [0.3, 0.4) is 0 Å². The van der Waals surface area contributed by atoms with Gasteiger partial charge in [0.1, 0.15) is 5.78 Å². The summed E-state index contributed by atoms with van der Waals surface area (Å²) < 4.78 is 0. The first-order valence-corrected chi connectivity index (χ1v) is 10.4. The van der Waals surface area contributed by atoms with E-state index in [1.807, 2.05) is 6.92 Å². The molecule has 1 fully saturated rings. The van der Waals surface area contributed by atoms with Crippen molar-refractivity contribution >= 4 is 11.7 Å². The van der Waals surface area contributed by atoms with Gasteiger partial charge in [-0.2, -0.15) is 0 Å². The molecular formula is C26H29NO2. The van der Waals surface area contributed by atoms with E-state index in [1.165, 1.54) is 11.1 Å². The van der Waals surface area contributed by atoms with Gasteiger partial charge in [-0.3, -0.25) is 9.59 Å². The summed E-state index contributed by atoms with van der Waals surface area (Å²) in [6.45, 7) is 8.63. The highest BCUT2D eigenvalue weighted by Crippen LogP contribution is 2.42. The summed E-state index contributed by atoms with van der Waals surface area (Å²) in [5, 5.41) is 3.00.